The predicted octanol–water partition coefficient (Wildman–Crippen LogP) is 2.03. The van der Waals surface area contributed by atoms with Gasteiger partial charge in [0.25, 0.3) is 0 Å². The maximum absolute atomic E-state index is 9.66. The lowest BCUT2D eigenvalue weighted by Crippen LogP contribution is -2.07. The zero-order chi connectivity index (χ0) is 9.84. The summed E-state index contributed by atoms with van der Waals surface area (Å²) >= 11 is 5.93. The average Bonchev–Trinajstić information content (AvgIpc) is 2.09. The molecule has 0 spiro atoms. The highest BCUT2D eigenvalue weighted by Crippen LogP contribution is 2.25. The first-order valence-corrected chi connectivity index (χ1v) is 4.67. The lowest BCUT2D eigenvalue weighted by molar-refractivity contribution is 0.170. The Balaban J connectivity index is 2.91. The van der Waals surface area contributed by atoms with Crippen molar-refractivity contribution in [3.05, 3.63) is 34.3 Å². The van der Waals surface area contributed by atoms with Crippen LogP contribution in [0.3, 0.4) is 0 Å². The van der Waals surface area contributed by atoms with Crippen molar-refractivity contribution in [2.75, 3.05) is 6.54 Å². The van der Waals surface area contributed by atoms with Gasteiger partial charge in [0, 0.05) is 5.02 Å². The van der Waals surface area contributed by atoms with Crippen LogP contribution in [0.2, 0.25) is 5.02 Å². The van der Waals surface area contributed by atoms with Crippen molar-refractivity contribution >= 4 is 11.6 Å². The molecule has 0 aliphatic heterocycles. The molecule has 0 saturated carbocycles. The van der Waals surface area contributed by atoms with Crippen molar-refractivity contribution in [2.45, 2.75) is 19.4 Å². The second kappa shape index (κ2) is 4.61. The van der Waals surface area contributed by atoms with Gasteiger partial charge < -0.3 is 10.8 Å². The van der Waals surface area contributed by atoms with Crippen LogP contribution >= 0.6 is 11.6 Å². The first kappa shape index (κ1) is 10.5. The summed E-state index contributed by atoms with van der Waals surface area (Å²) in [6.45, 7) is 2.43. The molecule has 0 amide bonds. The van der Waals surface area contributed by atoms with Crippen LogP contribution in [0.5, 0.6) is 0 Å². The fourth-order valence-corrected chi connectivity index (χ4v) is 1.48. The Morgan fingerprint density at radius 1 is 1.54 bits per heavy atom. The summed E-state index contributed by atoms with van der Waals surface area (Å²) < 4.78 is 0. The molecule has 13 heavy (non-hydrogen) atoms. The summed E-state index contributed by atoms with van der Waals surface area (Å²) in [5, 5.41) is 10.3. The third-order valence-corrected chi connectivity index (χ3v) is 2.29. The van der Waals surface area contributed by atoms with Crippen LogP contribution in [-0.4, -0.2) is 11.7 Å². The summed E-state index contributed by atoms with van der Waals surface area (Å²) in [6, 6.07) is 5.61. The lowest BCUT2D eigenvalue weighted by Gasteiger charge is -2.11. The van der Waals surface area contributed by atoms with Crippen molar-refractivity contribution in [1.29, 1.82) is 0 Å². The van der Waals surface area contributed by atoms with E-state index in [9.17, 15) is 5.11 Å². The minimum Gasteiger partial charge on any atom is -0.388 e. The van der Waals surface area contributed by atoms with E-state index < -0.39 is 6.10 Å². The van der Waals surface area contributed by atoms with Gasteiger partial charge in [-0.3, -0.25) is 0 Å². The molecule has 0 unspecified atom stereocenters. The third-order valence-electron chi connectivity index (χ3n) is 1.95. The summed E-state index contributed by atoms with van der Waals surface area (Å²) in [5.41, 5.74) is 7.22. The molecule has 0 radical (unpaired) electrons. The van der Waals surface area contributed by atoms with Crippen LogP contribution in [0, 0.1) is 6.92 Å². The smallest absolute Gasteiger partial charge is 0.0816 e. The zero-order valence-corrected chi connectivity index (χ0v) is 8.38. The highest BCUT2D eigenvalue weighted by molar-refractivity contribution is 6.31. The lowest BCUT2D eigenvalue weighted by atomic mass is 10.0. The third kappa shape index (κ3) is 2.69. The van der Waals surface area contributed by atoms with Crippen LogP contribution in [0.25, 0.3) is 0 Å². The van der Waals surface area contributed by atoms with Crippen molar-refractivity contribution in [2.24, 2.45) is 5.73 Å². The van der Waals surface area contributed by atoms with Crippen LogP contribution in [0.1, 0.15) is 23.7 Å². The number of halogens is 1. The Kier molecular flexibility index (Phi) is 3.72. The van der Waals surface area contributed by atoms with Crippen molar-refractivity contribution < 1.29 is 5.11 Å². The zero-order valence-electron chi connectivity index (χ0n) is 7.63. The van der Waals surface area contributed by atoms with E-state index in [2.05, 4.69) is 0 Å². The van der Waals surface area contributed by atoms with Crippen molar-refractivity contribution in [3.63, 3.8) is 0 Å². The molecule has 0 aliphatic rings. The molecule has 1 rings (SSSR count). The summed E-state index contributed by atoms with van der Waals surface area (Å²) in [6.07, 6.45) is 0.000741. The first-order valence-electron chi connectivity index (χ1n) is 4.29. The van der Waals surface area contributed by atoms with Gasteiger partial charge in [-0.1, -0.05) is 29.3 Å². The van der Waals surface area contributed by atoms with E-state index in [0.29, 0.717) is 18.0 Å². The van der Waals surface area contributed by atoms with E-state index >= 15 is 0 Å². The number of aliphatic hydroxyl groups excluding tert-OH is 1. The van der Waals surface area contributed by atoms with Gasteiger partial charge in [-0.2, -0.15) is 0 Å². The number of nitrogens with two attached hydrogens (primary N) is 1. The highest BCUT2D eigenvalue weighted by atomic mass is 35.5. The minimum absolute atomic E-state index is 0.464. The second-order valence-corrected chi connectivity index (χ2v) is 3.53. The molecule has 1 aromatic carbocycles. The van der Waals surface area contributed by atoms with Crippen LogP contribution < -0.4 is 5.73 Å². The van der Waals surface area contributed by atoms with Gasteiger partial charge in [-0.05, 0) is 31.5 Å². The second-order valence-electron chi connectivity index (χ2n) is 3.12. The SMILES string of the molecule is Cc1ccc(Cl)c([C@H](O)CCN)c1. The van der Waals surface area contributed by atoms with Gasteiger partial charge in [0.15, 0.2) is 0 Å². The molecule has 72 valence electrons. The fourth-order valence-electron chi connectivity index (χ4n) is 1.23. The molecule has 2 nitrogen and oxygen atoms in total. The Morgan fingerprint density at radius 3 is 2.85 bits per heavy atom. The molecule has 0 saturated heterocycles. The topological polar surface area (TPSA) is 46.2 Å². The molecular formula is C10H14ClNO. The predicted molar refractivity (Wildman–Crippen MR) is 54.8 cm³/mol. The van der Waals surface area contributed by atoms with Gasteiger partial charge in [-0.15, -0.1) is 0 Å². The number of aryl methyl sites for hydroxylation is 1. The molecule has 3 N–H and O–H groups in total. The molecule has 3 heteroatoms. The van der Waals surface area contributed by atoms with Gasteiger partial charge in [-0.25, -0.2) is 0 Å². The highest BCUT2D eigenvalue weighted by Gasteiger charge is 2.10. The van der Waals surface area contributed by atoms with Crippen LogP contribution in [0.4, 0.5) is 0 Å². The summed E-state index contributed by atoms with van der Waals surface area (Å²) in [7, 11) is 0. The van der Waals surface area contributed by atoms with E-state index in [-0.39, 0.29) is 0 Å². The molecule has 0 aliphatic carbocycles. The van der Waals surface area contributed by atoms with Crippen molar-refractivity contribution in [3.8, 4) is 0 Å². The minimum atomic E-state index is -0.544. The number of rotatable bonds is 3. The Bertz CT molecular complexity index is 288. The summed E-state index contributed by atoms with van der Waals surface area (Å²) in [4.78, 5) is 0. The summed E-state index contributed by atoms with van der Waals surface area (Å²) in [5.74, 6) is 0. The largest absolute Gasteiger partial charge is 0.388 e. The molecular weight excluding hydrogens is 186 g/mol. The quantitative estimate of drug-likeness (QED) is 0.783. The van der Waals surface area contributed by atoms with Crippen LogP contribution in [0.15, 0.2) is 18.2 Å². The van der Waals surface area contributed by atoms with Gasteiger partial charge in [0.2, 0.25) is 0 Å². The number of hydrogen-bond acceptors (Lipinski definition) is 2. The van der Waals surface area contributed by atoms with E-state index in [1.54, 1.807) is 6.07 Å². The molecule has 1 aromatic rings. The van der Waals surface area contributed by atoms with E-state index in [0.717, 1.165) is 11.1 Å². The molecule has 0 fully saturated rings. The normalized spacial score (nSPS) is 12.9. The standard InChI is InChI=1S/C10H14ClNO/c1-7-2-3-9(11)8(6-7)10(13)4-5-12/h2-3,6,10,13H,4-5,12H2,1H3/t10-/m1/s1. The van der Waals surface area contributed by atoms with Gasteiger partial charge in [0.05, 0.1) is 6.10 Å². The monoisotopic (exact) mass is 199 g/mol. The molecule has 0 bridgehead atoms. The Hall–Kier alpha value is -0.570. The Labute approximate surface area is 83.3 Å². The van der Waals surface area contributed by atoms with Crippen LogP contribution in [-0.2, 0) is 0 Å². The maximum atomic E-state index is 9.66. The average molecular weight is 200 g/mol. The van der Waals surface area contributed by atoms with Crippen molar-refractivity contribution in [1.82, 2.24) is 0 Å². The van der Waals surface area contributed by atoms with Gasteiger partial charge in [0.1, 0.15) is 0 Å². The van der Waals surface area contributed by atoms with E-state index in [4.69, 9.17) is 17.3 Å². The Morgan fingerprint density at radius 2 is 2.23 bits per heavy atom. The molecule has 1 atom stereocenters. The van der Waals surface area contributed by atoms with E-state index in [1.165, 1.54) is 0 Å². The number of aliphatic hydroxyl groups is 1. The number of hydrogen-bond donors (Lipinski definition) is 2. The number of benzene rings is 1. The fraction of sp³-hybridized carbons (Fsp3) is 0.400. The molecule has 0 heterocycles. The van der Waals surface area contributed by atoms with E-state index in [1.807, 2.05) is 19.1 Å². The first-order chi connectivity index (χ1) is 6.15. The van der Waals surface area contributed by atoms with Gasteiger partial charge >= 0.3 is 0 Å². The maximum Gasteiger partial charge on any atom is 0.0816 e. The molecule has 0 aromatic heterocycles.